The number of methoxy groups -OCH3 is 1. The summed E-state index contributed by atoms with van der Waals surface area (Å²) in [5.41, 5.74) is 3.33. The summed E-state index contributed by atoms with van der Waals surface area (Å²) in [6, 6.07) is 5.61. The van der Waals surface area contributed by atoms with Gasteiger partial charge in [0.1, 0.15) is 40.4 Å². The van der Waals surface area contributed by atoms with E-state index in [0.717, 1.165) is 12.0 Å². The summed E-state index contributed by atoms with van der Waals surface area (Å²) in [4.78, 5) is 13.1. The van der Waals surface area contributed by atoms with Gasteiger partial charge in [-0.25, -0.2) is 0 Å². The molecule has 0 aliphatic carbocycles. The van der Waals surface area contributed by atoms with Crippen LogP contribution in [-0.4, -0.2) is 28.2 Å². The Morgan fingerprint density at radius 1 is 1.22 bits per heavy atom. The SMILES string of the molecule is C=C(C)C(CC=C(C)C)Cc1c(O)cc(OC)c2c1O[C@@H](c1ccc(O)cc1O)CC2=O. The lowest BCUT2D eigenvalue weighted by Crippen LogP contribution is -2.23. The molecule has 0 bridgehead atoms. The predicted octanol–water partition coefficient (Wildman–Crippen LogP) is 5.61. The largest absolute Gasteiger partial charge is 0.508 e. The molecular formula is C26H30O6. The number of Topliss-reactive ketones (excluding diaryl/α,β-unsaturated/α-hetero) is 1. The van der Waals surface area contributed by atoms with Crippen molar-refractivity contribution < 1.29 is 29.6 Å². The number of fused-ring (bicyclic) bond motifs is 1. The molecule has 3 rings (SSSR count). The molecular weight excluding hydrogens is 408 g/mol. The maximum absolute atomic E-state index is 13.1. The van der Waals surface area contributed by atoms with Crippen LogP contribution in [-0.2, 0) is 6.42 Å². The Morgan fingerprint density at radius 3 is 2.53 bits per heavy atom. The number of phenols is 3. The van der Waals surface area contributed by atoms with Crippen molar-refractivity contribution in [2.45, 2.75) is 46.1 Å². The van der Waals surface area contributed by atoms with E-state index < -0.39 is 6.10 Å². The van der Waals surface area contributed by atoms with Gasteiger partial charge in [-0.1, -0.05) is 23.8 Å². The lowest BCUT2D eigenvalue weighted by molar-refractivity contribution is 0.0838. The molecule has 1 heterocycles. The van der Waals surface area contributed by atoms with E-state index in [1.54, 1.807) is 0 Å². The molecule has 0 aromatic heterocycles. The quantitative estimate of drug-likeness (QED) is 0.486. The Kier molecular flexibility index (Phi) is 6.82. The van der Waals surface area contributed by atoms with Gasteiger partial charge < -0.3 is 24.8 Å². The maximum Gasteiger partial charge on any atom is 0.174 e. The van der Waals surface area contributed by atoms with Gasteiger partial charge in [0.05, 0.1) is 13.5 Å². The molecule has 0 fully saturated rings. The van der Waals surface area contributed by atoms with Crippen LogP contribution in [0, 0.1) is 5.92 Å². The van der Waals surface area contributed by atoms with E-state index in [0.29, 0.717) is 17.5 Å². The minimum Gasteiger partial charge on any atom is -0.508 e. The molecule has 1 unspecified atom stereocenters. The standard InChI is InChI=1S/C26H30O6/c1-14(2)6-7-16(15(3)4)10-19-21(29)12-24(31-5)25-22(30)13-23(32-26(19)25)18-9-8-17(27)11-20(18)28/h6,8-9,11-12,16,23,27-29H,3,7,10,13H2,1-2,4-5H3/t16?,23-/m1/s1. The molecule has 0 saturated carbocycles. The first-order chi connectivity index (χ1) is 15.1. The van der Waals surface area contributed by atoms with Crippen LogP contribution in [0.3, 0.4) is 0 Å². The first kappa shape index (κ1) is 23.3. The molecule has 1 aliphatic heterocycles. The Labute approximate surface area is 188 Å². The van der Waals surface area contributed by atoms with Gasteiger partial charge in [0.15, 0.2) is 5.78 Å². The molecule has 2 aromatic rings. The summed E-state index contributed by atoms with van der Waals surface area (Å²) >= 11 is 0. The fraction of sp³-hybridized carbons (Fsp3) is 0.346. The zero-order valence-electron chi connectivity index (χ0n) is 18.9. The Balaban J connectivity index is 2.09. The topological polar surface area (TPSA) is 96.2 Å². The number of hydrogen-bond donors (Lipinski definition) is 3. The van der Waals surface area contributed by atoms with Crippen molar-refractivity contribution >= 4 is 5.78 Å². The highest BCUT2D eigenvalue weighted by Crippen LogP contribution is 2.48. The summed E-state index contributed by atoms with van der Waals surface area (Å²) in [7, 11) is 1.44. The van der Waals surface area contributed by atoms with Crippen molar-refractivity contribution in [2.75, 3.05) is 7.11 Å². The molecule has 6 heteroatoms. The molecule has 6 nitrogen and oxygen atoms in total. The van der Waals surface area contributed by atoms with Gasteiger partial charge in [0.25, 0.3) is 0 Å². The monoisotopic (exact) mass is 438 g/mol. The van der Waals surface area contributed by atoms with Crippen LogP contribution in [0.15, 0.2) is 48.1 Å². The molecule has 32 heavy (non-hydrogen) atoms. The molecule has 1 aliphatic rings. The van der Waals surface area contributed by atoms with Crippen LogP contribution in [0.5, 0.6) is 28.7 Å². The third-order valence-electron chi connectivity index (χ3n) is 5.77. The highest BCUT2D eigenvalue weighted by Gasteiger charge is 2.35. The Morgan fingerprint density at radius 2 is 1.94 bits per heavy atom. The second-order valence-corrected chi connectivity index (χ2v) is 8.52. The van der Waals surface area contributed by atoms with E-state index in [9.17, 15) is 20.1 Å². The molecule has 0 amide bonds. The number of carbonyl (C=O) groups excluding carboxylic acids is 1. The van der Waals surface area contributed by atoms with Crippen LogP contribution < -0.4 is 9.47 Å². The second kappa shape index (κ2) is 9.39. The van der Waals surface area contributed by atoms with Crippen LogP contribution in [0.25, 0.3) is 0 Å². The van der Waals surface area contributed by atoms with E-state index in [1.165, 1.54) is 36.9 Å². The van der Waals surface area contributed by atoms with Crippen molar-refractivity contribution in [1.82, 2.24) is 0 Å². The number of hydrogen-bond acceptors (Lipinski definition) is 6. The highest BCUT2D eigenvalue weighted by atomic mass is 16.5. The number of ether oxygens (including phenoxy) is 2. The number of aromatic hydroxyl groups is 3. The highest BCUT2D eigenvalue weighted by molar-refractivity contribution is 6.03. The average molecular weight is 439 g/mol. The van der Waals surface area contributed by atoms with Crippen molar-refractivity contribution in [3.63, 3.8) is 0 Å². The minimum atomic E-state index is -0.762. The van der Waals surface area contributed by atoms with Crippen LogP contribution in [0.2, 0.25) is 0 Å². The van der Waals surface area contributed by atoms with E-state index in [1.807, 2.05) is 20.8 Å². The zero-order valence-corrected chi connectivity index (χ0v) is 18.9. The smallest absolute Gasteiger partial charge is 0.174 e. The first-order valence-corrected chi connectivity index (χ1v) is 10.6. The molecule has 3 N–H and O–H groups in total. The number of rotatable bonds is 7. The average Bonchev–Trinajstić information content (AvgIpc) is 2.71. The number of allylic oxidation sites excluding steroid dienone is 3. The number of ketones is 1. The van der Waals surface area contributed by atoms with Crippen molar-refractivity contribution in [1.29, 1.82) is 0 Å². The van der Waals surface area contributed by atoms with Crippen LogP contribution >= 0.6 is 0 Å². The van der Waals surface area contributed by atoms with Gasteiger partial charge in [-0.15, -0.1) is 0 Å². The maximum atomic E-state index is 13.1. The summed E-state index contributed by atoms with van der Waals surface area (Å²) in [5.74, 6) is 0.0651. The number of benzene rings is 2. The summed E-state index contributed by atoms with van der Waals surface area (Å²) in [5, 5.41) is 30.7. The molecule has 2 atom stereocenters. The first-order valence-electron chi connectivity index (χ1n) is 10.6. The third kappa shape index (κ3) is 4.74. The van der Waals surface area contributed by atoms with Crippen molar-refractivity contribution in [2.24, 2.45) is 5.92 Å². The third-order valence-corrected chi connectivity index (χ3v) is 5.77. The van der Waals surface area contributed by atoms with Crippen molar-refractivity contribution in [3.05, 3.63) is 64.8 Å². The van der Waals surface area contributed by atoms with Gasteiger partial charge in [0.2, 0.25) is 0 Å². The van der Waals surface area contributed by atoms with Gasteiger partial charge in [0, 0.05) is 23.3 Å². The second-order valence-electron chi connectivity index (χ2n) is 8.52. The summed E-state index contributed by atoms with van der Waals surface area (Å²) < 4.78 is 11.6. The van der Waals surface area contributed by atoms with Crippen molar-refractivity contribution in [3.8, 4) is 28.7 Å². The zero-order chi connectivity index (χ0) is 23.6. The van der Waals surface area contributed by atoms with E-state index in [-0.39, 0.29) is 52.4 Å². The lowest BCUT2D eigenvalue weighted by Gasteiger charge is -2.30. The van der Waals surface area contributed by atoms with Crippen LogP contribution in [0.4, 0.5) is 0 Å². The lowest BCUT2D eigenvalue weighted by atomic mass is 9.86. The molecule has 0 spiro atoms. The number of carbonyl (C=O) groups is 1. The Hall–Kier alpha value is -3.41. The number of phenolic OH excluding ortho intramolecular Hbond substituents is 3. The Bertz CT molecular complexity index is 1080. The summed E-state index contributed by atoms with van der Waals surface area (Å²) in [6.07, 6.45) is 2.53. The summed E-state index contributed by atoms with van der Waals surface area (Å²) in [6.45, 7) is 10.1. The minimum absolute atomic E-state index is 0.00636. The van der Waals surface area contributed by atoms with E-state index in [2.05, 4.69) is 12.7 Å². The normalized spacial score (nSPS) is 16.0. The predicted molar refractivity (Wildman–Crippen MR) is 123 cm³/mol. The van der Waals surface area contributed by atoms with Gasteiger partial charge in [-0.2, -0.15) is 0 Å². The molecule has 2 aromatic carbocycles. The van der Waals surface area contributed by atoms with Gasteiger partial charge >= 0.3 is 0 Å². The molecule has 170 valence electrons. The van der Waals surface area contributed by atoms with E-state index in [4.69, 9.17) is 9.47 Å². The van der Waals surface area contributed by atoms with E-state index >= 15 is 0 Å². The molecule has 0 radical (unpaired) electrons. The molecule has 0 saturated heterocycles. The van der Waals surface area contributed by atoms with Gasteiger partial charge in [-0.05, 0) is 51.7 Å². The fourth-order valence-electron chi connectivity index (χ4n) is 3.93. The fourth-order valence-corrected chi connectivity index (χ4v) is 3.93. The van der Waals surface area contributed by atoms with Crippen LogP contribution in [0.1, 0.15) is 61.2 Å². The van der Waals surface area contributed by atoms with Gasteiger partial charge in [-0.3, -0.25) is 4.79 Å².